The molecule has 1 amide bonds. The van der Waals surface area contributed by atoms with E-state index >= 15 is 0 Å². The Hall–Kier alpha value is -2.29. The van der Waals surface area contributed by atoms with E-state index in [1.54, 1.807) is 0 Å². The van der Waals surface area contributed by atoms with E-state index < -0.39 is 0 Å². The van der Waals surface area contributed by atoms with Crippen LogP contribution in [0.15, 0.2) is 30.3 Å². The number of hydrogen-bond donors (Lipinski definition) is 1. The minimum Gasteiger partial charge on any atom is -0.375 e. The maximum atomic E-state index is 12.2. The van der Waals surface area contributed by atoms with Gasteiger partial charge in [-0.1, -0.05) is 44.2 Å². The summed E-state index contributed by atoms with van der Waals surface area (Å²) in [5.41, 5.74) is 1.40. The summed E-state index contributed by atoms with van der Waals surface area (Å²) in [5, 5.41) is 12.1. The molecule has 0 saturated carbocycles. The Bertz CT molecular complexity index is 892. The van der Waals surface area contributed by atoms with Gasteiger partial charge in [0.05, 0.1) is 6.04 Å². The zero-order valence-corrected chi connectivity index (χ0v) is 20.2. The number of rotatable bonds is 8. The SMILES string of the molecule is COCC(=O)NC(c1nnc2n1CCN(C1CCN(Cc3ccccc3)CC1)CC2)C(C)C. The van der Waals surface area contributed by atoms with Gasteiger partial charge in [0.15, 0.2) is 5.82 Å². The van der Waals surface area contributed by atoms with Gasteiger partial charge in [0.25, 0.3) is 0 Å². The minimum atomic E-state index is -0.165. The molecule has 1 atom stereocenters. The summed E-state index contributed by atoms with van der Waals surface area (Å²) in [6.45, 7) is 10.5. The van der Waals surface area contributed by atoms with Crippen molar-refractivity contribution in [1.82, 2.24) is 29.9 Å². The van der Waals surface area contributed by atoms with Crippen LogP contribution < -0.4 is 5.32 Å². The van der Waals surface area contributed by atoms with Gasteiger partial charge in [-0.05, 0) is 37.4 Å². The van der Waals surface area contributed by atoms with Gasteiger partial charge in [0.2, 0.25) is 5.91 Å². The first-order chi connectivity index (χ1) is 16.0. The Balaban J connectivity index is 1.34. The fourth-order valence-electron chi connectivity index (χ4n) is 5.12. The average Bonchev–Trinajstić information content (AvgIpc) is 3.09. The number of fused-ring (bicyclic) bond motifs is 1. The van der Waals surface area contributed by atoms with Gasteiger partial charge in [0.1, 0.15) is 12.4 Å². The molecule has 1 N–H and O–H groups in total. The van der Waals surface area contributed by atoms with Gasteiger partial charge < -0.3 is 14.6 Å². The third-order valence-electron chi connectivity index (χ3n) is 6.95. The van der Waals surface area contributed by atoms with Crippen LogP contribution in [0, 0.1) is 5.92 Å². The summed E-state index contributed by atoms with van der Waals surface area (Å²) >= 11 is 0. The van der Waals surface area contributed by atoms with E-state index in [9.17, 15) is 4.79 Å². The fraction of sp³-hybridized carbons (Fsp3) is 0.640. The van der Waals surface area contributed by atoms with Gasteiger partial charge in [-0.25, -0.2) is 0 Å². The number of carbonyl (C=O) groups is 1. The summed E-state index contributed by atoms with van der Waals surface area (Å²) in [6.07, 6.45) is 3.32. The molecule has 0 aliphatic carbocycles. The first-order valence-electron chi connectivity index (χ1n) is 12.3. The molecule has 2 aliphatic rings. The standard InChI is InChI=1S/C25H38N6O2/c1-19(2)24(26-23(32)18-33-3)25-28-27-22-11-14-30(15-16-31(22)25)21-9-12-29(13-10-21)17-20-7-5-4-6-8-20/h4-8,19,21,24H,9-18H2,1-3H3,(H,26,32). The number of nitrogens with one attached hydrogen (secondary N) is 1. The van der Waals surface area contributed by atoms with Gasteiger partial charge in [-0.2, -0.15) is 0 Å². The molecule has 8 nitrogen and oxygen atoms in total. The predicted molar refractivity (Wildman–Crippen MR) is 128 cm³/mol. The predicted octanol–water partition coefficient (Wildman–Crippen LogP) is 2.26. The highest BCUT2D eigenvalue weighted by atomic mass is 16.5. The smallest absolute Gasteiger partial charge is 0.246 e. The quantitative estimate of drug-likeness (QED) is 0.660. The van der Waals surface area contributed by atoms with E-state index in [0.29, 0.717) is 6.04 Å². The third kappa shape index (κ3) is 5.99. The molecule has 2 aromatic rings. The maximum Gasteiger partial charge on any atom is 0.246 e. The van der Waals surface area contributed by atoms with Crippen molar-refractivity contribution in [1.29, 1.82) is 0 Å². The normalized spacial score (nSPS) is 19.3. The highest BCUT2D eigenvalue weighted by Crippen LogP contribution is 2.25. The molecule has 2 aliphatic heterocycles. The van der Waals surface area contributed by atoms with Crippen molar-refractivity contribution in [3.8, 4) is 0 Å². The second-order valence-corrected chi connectivity index (χ2v) is 9.63. The number of nitrogens with zero attached hydrogens (tertiary/aromatic N) is 5. The summed E-state index contributed by atoms with van der Waals surface area (Å²) in [4.78, 5) is 17.4. The van der Waals surface area contributed by atoms with Crippen LogP contribution in [0.25, 0.3) is 0 Å². The molecule has 8 heteroatoms. The summed E-state index contributed by atoms with van der Waals surface area (Å²) < 4.78 is 7.23. The number of likely N-dealkylation sites (tertiary alicyclic amines) is 1. The van der Waals surface area contributed by atoms with E-state index in [-0.39, 0.29) is 24.5 Å². The first-order valence-corrected chi connectivity index (χ1v) is 12.3. The Morgan fingerprint density at radius 1 is 1.09 bits per heavy atom. The van der Waals surface area contributed by atoms with Crippen LogP contribution in [0.3, 0.4) is 0 Å². The third-order valence-corrected chi connectivity index (χ3v) is 6.95. The zero-order chi connectivity index (χ0) is 23.2. The number of piperidine rings is 1. The molecule has 0 radical (unpaired) electrons. The van der Waals surface area contributed by atoms with Crippen molar-refractivity contribution in [2.24, 2.45) is 5.92 Å². The van der Waals surface area contributed by atoms with Gasteiger partial charge in [0, 0.05) is 45.8 Å². The average molecular weight is 455 g/mol. The molecule has 4 rings (SSSR count). The molecule has 0 bridgehead atoms. The Morgan fingerprint density at radius 2 is 1.85 bits per heavy atom. The Morgan fingerprint density at radius 3 is 2.55 bits per heavy atom. The van der Waals surface area contributed by atoms with E-state index in [0.717, 1.165) is 57.3 Å². The van der Waals surface area contributed by atoms with Gasteiger partial charge in [-0.3, -0.25) is 14.6 Å². The van der Waals surface area contributed by atoms with Crippen LogP contribution in [0.5, 0.6) is 0 Å². The number of ether oxygens (including phenoxy) is 1. The highest BCUT2D eigenvalue weighted by molar-refractivity contribution is 5.77. The molecule has 1 aromatic carbocycles. The minimum absolute atomic E-state index is 0.0565. The monoisotopic (exact) mass is 454 g/mol. The lowest BCUT2D eigenvalue weighted by Gasteiger charge is -2.38. The van der Waals surface area contributed by atoms with Crippen molar-refractivity contribution in [3.05, 3.63) is 47.5 Å². The summed E-state index contributed by atoms with van der Waals surface area (Å²) in [5.74, 6) is 1.99. The molecule has 1 saturated heterocycles. The van der Waals surface area contributed by atoms with Gasteiger partial charge in [-0.15, -0.1) is 10.2 Å². The van der Waals surface area contributed by atoms with E-state index in [2.05, 4.69) is 74.1 Å². The second kappa shape index (κ2) is 11.2. The molecular weight excluding hydrogens is 416 g/mol. The van der Waals surface area contributed by atoms with Crippen LogP contribution in [0.2, 0.25) is 0 Å². The molecule has 1 aromatic heterocycles. The molecule has 3 heterocycles. The van der Waals surface area contributed by atoms with E-state index in [4.69, 9.17) is 4.74 Å². The van der Waals surface area contributed by atoms with Crippen LogP contribution in [-0.4, -0.2) is 76.4 Å². The molecule has 1 fully saturated rings. The zero-order valence-electron chi connectivity index (χ0n) is 20.2. The lowest BCUT2D eigenvalue weighted by Crippen LogP contribution is -2.45. The van der Waals surface area contributed by atoms with Crippen molar-refractivity contribution >= 4 is 5.91 Å². The van der Waals surface area contributed by atoms with Crippen molar-refractivity contribution in [3.63, 3.8) is 0 Å². The van der Waals surface area contributed by atoms with Crippen molar-refractivity contribution < 1.29 is 9.53 Å². The largest absolute Gasteiger partial charge is 0.375 e. The molecule has 1 unspecified atom stereocenters. The second-order valence-electron chi connectivity index (χ2n) is 9.63. The Kier molecular flexibility index (Phi) is 8.11. The number of benzene rings is 1. The maximum absolute atomic E-state index is 12.2. The topological polar surface area (TPSA) is 75.5 Å². The lowest BCUT2D eigenvalue weighted by molar-refractivity contribution is -0.125. The van der Waals surface area contributed by atoms with Crippen LogP contribution in [0.4, 0.5) is 0 Å². The highest BCUT2D eigenvalue weighted by Gasteiger charge is 2.30. The molecule has 0 spiro atoms. The number of amides is 1. The first kappa shape index (κ1) is 23.9. The molecule has 33 heavy (non-hydrogen) atoms. The fourth-order valence-corrected chi connectivity index (χ4v) is 5.12. The van der Waals surface area contributed by atoms with Crippen molar-refractivity contribution in [2.45, 2.75) is 58.3 Å². The van der Waals surface area contributed by atoms with Gasteiger partial charge >= 0.3 is 0 Å². The summed E-state index contributed by atoms with van der Waals surface area (Å²) in [7, 11) is 1.54. The van der Waals surface area contributed by atoms with E-state index in [1.165, 1.54) is 25.5 Å². The number of hydrogen-bond acceptors (Lipinski definition) is 6. The number of methoxy groups -OCH3 is 1. The van der Waals surface area contributed by atoms with Crippen LogP contribution in [-0.2, 0) is 29.0 Å². The van der Waals surface area contributed by atoms with Crippen LogP contribution in [0.1, 0.15) is 49.9 Å². The summed E-state index contributed by atoms with van der Waals surface area (Å²) in [6, 6.07) is 11.2. The number of carbonyl (C=O) groups excluding carboxylic acids is 1. The van der Waals surface area contributed by atoms with E-state index in [1.807, 2.05) is 0 Å². The molecular formula is C25H38N6O2. The van der Waals surface area contributed by atoms with Crippen LogP contribution >= 0.6 is 0 Å². The lowest BCUT2D eigenvalue weighted by atomic mass is 10.0. The number of aromatic nitrogens is 3. The van der Waals surface area contributed by atoms with Crippen molar-refractivity contribution in [2.75, 3.05) is 39.9 Å². The molecule has 180 valence electrons. The Labute approximate surface area is 197 Å².